The number of cyclic esters (lactones) is 1. The van der Waals surface area contributed by atoms with Gasteiger partial charge in [0, 0.05) is 29.8 Å². The summed E-state index contributed by atoms with van der Waals surface area (Å²) in [4.78, 5) is 15.5. The number of benzene rings is 2. The van der Waals surface area contributed by atoms with Gasteiger partial charge < -0.3 is 9.47 Å². The van der Waals surface area contributed by atoms with E-state index in [0.29, 0.717) is 6.07 Å². The van der Waals surface area contributed by atoms with Crippen LogP contribution in [-0.2, 0) is 21.2 Å². The number of anilines is 1. The lowest BCUT2D eigenvalue weighted by Crippen LogP contribution is -2.17. The highest BCUT2D eigenvalue weighted by Gasteiger charge is 2.27. The SMILES string of the molecule is COc1c(Cl)cc2cc1S(=O)(=O)Nc1cc(c(F)cc1F)-c1cnc(F)cc1CCOC2=O. The Morgan fingerprint density at radius 3 is 2.58 bits per heavy atom. The second kappa shape index (κ2) is 8.56. The van der Waals surface area contributed by atoms with Gasteiger partial charge in [0.05, 0.1) is 30.0 Å². The Morgan fingerprint density at radius 1 is 1.09 bits per heavy atom. The van der Waals surface area contributed by atoms with Crippen molar-refractivity contribution in [2.45, 2.75) is 11.3 Å². The van der Waals surface area contributed by atoms with Crippen molar-refractivity contribution < 1.29 is 35.9 Å². The fourth-order valence-corrected chi connectivity index (χ4v) is 5.00. The van der Waals surface area contributed by atoms with Crippen molar-refractivity contribution in [1.82, 2.24) is 4.98 Å². The first-order valence-corrected chi connectivity index (χ1v) is 11.2. The van der Waals surface area contributed by atoms with Crippen LogP contribution in [0.1, 0.15) is 15.9 Å². The Kier molecular flexibility index (Phi) is 5.93. The van der Waals surface area contributed by atoms with E-state index >= 15 is 0 Å². The molecule has 33 heavy (non-hydrogen) atoms. The van der Waals surface area contributed by atoms with Gasteiger partial charge in [0.2, 0.25) is 5.95 Å². The fraction of sp³-hybridized carbons (Fsp3) is 0.143. The number of hydrogen-bond donors (Lipinski definition) is 1. The monoisotopic (exact) mass is 498 g/mol. The average Bonchev–Trinajstić information content (AvgIpc) is 2.75. The number of carbonyl (C=O) groups is 1. The van der Waals surface area contributed by atoms with Gasteiger partial charge in [-0.3, -0.25) is 4.72 Å². The number of pyridine rings is 1. The molecule has 1 N–H and O–H groups in total. The molecule has 0 amide bonds. The minimum absolute atomic E-state index is 0.0326. The van der Waals surface area contributed by atoms with Crippen LogP contribution in [-0.4, -0.2) is 33.1 Å². The molecule has 0 fully saturated rings. The van der Waals surface area contributed by atoms with E-state index in [1.54, 1.807) is 0 Å². The van der Waals surface area contributed by atoms with Crippen LogP contribution < -0.4 is 9.46 Å². The van der Waals surface area contributed by atoms with E-state index in [1.165, 1.54) is 0 Å². The van der Waals surface area contributed by atoms with Crippen molar-refractivity contribution in [3.05, 3.63) is 70.3 Å². The highest BCUT2D eigenvalue weighted by Crippen LogP contribution is 2.37. The maximum atomic E-state index is 14.7. The zero-order chi connectivity index (χ0) is 23.9. The molecule has 172 valence electrons. The molecule has 2 heterocycles. The highest BCUT2D eigenvalue weighted by molar-refractivity contribution is 7.92. The second-order valence-corrected chi connectivity index (χ2v) is 9.01. The predicted octanol–water partition coefficient (Wildman–Crippen LogP) is 4.34. The van der Waals surface area contributed by atoms with Gasteiger partial charge in [-0.2, -0.15) is 4.39 Å². The van der Waals surface area contributed by atoms with Crippen LogP contribution in [0.15, 0.2) is 41.4 Å². The van der Waals surface area contributed by atoms with Crippen LogP contribution in [0.3, 0.4) is 0 Å². The van der Waals surface area contributed by atoms with Crippen molar-refractivity contribution in [3.63, 3.8) is 0 Å². The van der Waals surface area contributed by atoms with Crippen molar-refractivity contribution in [3.8, 4) is 16.9 Å². The molecule has 1 aliphatic rings. The molecule has 0 aliphatic carbocycles. The van der Waals surface area contributed by atoms with E-state index in [2.05, 4.69) is 4.98 Å². The zero-order valence-electron chi connectivity index (χ0n) is 16.8. The highest BCUT2D eigenvalue weighted by atomic mass is 35.5. The normalized spacial score (nSPS) is 15.0. The number of hydrogen-bond acceptors (Lipinski definition) is 6. The molecule has 1 aromatic heterocycles. The minimum atomic E-state index is -4.58. The topological polar surface area (TPSA) is 94.6 Å². The summed E-state index contributed by atoms with van der Waals surface area (Å²) < 4.78 is 81.4. The van der Waals surface area contributed by atoms with Gasteiger partial charge in [0.1, 0.15) is 16.5 Å². The summed E-state index contributed by atoms with van der Waals surface area (Å²) in [5.41, 5.74) is -0.759. The number of halogens is 4. The number of rotatable bonds is 1. The van der Waals surface area contributed by atoms with Gasteiger partial charge >= 0.3 is 5.97 Å². The first-order chi connectivity index (χ1) is 15.6. The second-order valence-electron chi connectivity index (χ2n) is 6.96. The lowest BCUT2D eigenvalue weighted by Gasteiger charge is -2.17. The molecule has 0 saturated carbocycles. The summed E-state index contributed by atoms with van der Waals surface area (Å²) >= 11 is 6.10. The molecular formula is C21H14ClF3N2O5S. The Bertz CT molecular complexity index is 1400. The van der Waals surface area contributed by atoms with E-state index in [0.717, 1.165) is 37.6 Å². The number of aromatic nitrogens is 1. The first kappa shape index (κ1) is 22.9. The molecule has 12 heteroatoms. The van der Waals surface area contributed by atoms with E-state index in [1.807, 2.05) is 4.72 Å². The number of ether oxygens (including phenoxy) is 2. The number of nitrogens with zero attached hydrogens (tertiary/aromatic N) is 1. The molecule has 0 radical (unpaired) electrons. The lowest BCUT2D eigenvalue weighted by molar-refractivity contribution is 0.0509. The van der Waals surface area contributed by atoms with Gasteiger partial charge in [-0.1, -0.05) is 11.6 Å². The van der Waals surface area contributed by atoms with Crippen LogP contribution in [0.4, 0.5) is 18.9 Å². The maximum absolute atomic E-state index is 14.7. The Labute approximate surface area is 191 Å². The zero-order valence-corrected chi connectivity index (χ0v) is 18.4. The number of methoxy groups -OCH3 is 1. The molecule has 0 saturated heterocycles. The van der Waals surface area contributed by atoms with Gasteiger partial charge in [-0.15, -0.1) is 0 Å². The third-order valence-corrected chi connectivity index (χ3v) is 6.54. The average molecular weight is 499 g/mol. The molecule has 4 bridgehead atoms. The van der Waals surface area contributed by atoms with Gasteiger partial charge in [-0.05, 0) is 29.8 Å². The fourth-order valence-electron chi connectivity index (χ4n) is 3.37. The smallest absolute Gasteiger partial charge is 0.338 e. The molecule has 0 unspecified atom stereocenters. The summed E-state index contributed by atoms with van der Waals surface area (Å²) in [5, 5.41) is -0.210. The Hall–Kier alpha value is -3.31. The summed E-state index contributed by atoms with van der Waals surface area (Å²) in [6.07, 6.45) is 0.993. The third kappa shape index (κ3) is 4.33. The third-order valence-electron chi connectivity index (χ3n) is 4.89. The largest absolute Gasteiger partial charge is 0.494 e. The first-order valence-electron chi connectivity index (χ1n) is 9.32. The predicted molar refractivity (Wildman–Crippen MR) is 112 cm³/mol. The lowest BCUT2D eigenvalue weighted by atomic mass is 9.99. The Balaban J connectivity index is 1.98. The Morgan fingerprint density at radius 2 is 1.85 bits per heavy atom. The summed E-state index contributed by atoms with van der Waals surface area (Å²) in [7, 11) is -3.42. The molecule has 1 aliphatic heterocycles. The number of fused-ring (bicyclic) bond motifs is 6. The van der Waals surface area contributed by atoms with E-state index in [9.17, 15) is 26.4 Å². The molecule has 4 rings (SSSR count). The molecule has 0 spiro atoms. The van der Waals surface area contributed by atoms with Crippen LogP contribution >= 0.6 is 11.6 Å². The molecule has 7 nitrogen and oxygen atoms in total. The van der Waals surface area contributed by atoms with Crippen LogP contribution in [0.5, 0.6) is 5.75 Å². The summed E-state index contributed by atoms with van der Waals surface area (Å²) in [6.45, 7) is -0.255. The molecule has 0 atom stereocenters. The molecule has 2 aromatic carbocycles. The standard InChI is InChI=1S/C21H14ClF3N2O5S/c1-31-20-14(22)4-11-5-18(20)33(29,30)27-17-7-12(15(23)8-16(17)24)13-9-26-19(25)6-10(13)2-3-32-21(11)28/h4-9,27H,2-3H2,1H3. The minimum Gasteiger partial charge on any atom is -0.494 e. The molecular weight excluding hydrogens is 485 g/mol. The number of nitrogens with one attached hydrogen (secondary N) is 1. The van der Waals surface area contributed by atoms with Crippen molar-refractivity contribution in [2.75, 3.05) is 18.4 Å². The number of carbonyl (C=O) groups excluding carboxylic acids is 1. The molecule has 3 aromatic rings. The van der Waals surface area contributed by atoms with E-state index in [4.69, 9.17) is 21.1 Å². The van der Waals surface area contributed by atoms with Crippen LogP contribution in [0, 0.1) is 17.6 Å². The van der Waals surface area contributed by atoms with Crippen LogP contribution in [0.25, 0.3) is 11.1 Å². The van der Waals surface area contributed by atoms with Crippen molar-refractivity contribution in [2.24, 2.45) is 0 Å². The van der Waals surface area contributed by atoms with Crippen molar-refractivity contribution >= 4 is 33.3 Å². The van der Waals surface area contributed by atoms with Gasteiger partial charge in [0.25, 0.3) is 10.0 Å². The maximum Gasteiger partial charge on any atom is 0.338 e. The summed E-state index contributed by atoms with van der Waals surface area (Å²) in [5.74, 6) is -4.31. The van der Waals surface area contributed by atoms with Gasteiger partial charge in [-0.25, -0.2) is 27.0 Å². The quantitative estimate of drug-likeness (QED) is 0.396. The van der Waals surface area contributed by atoms with Crippen LogP contribution in [0.2, 0.25) is 5.02 Å². The van der Waals surface area contributed by atoms with Crippen molar-refractivity contribution in [1.29, 1.82) is 0 Å². The number of sulfonamides is 1. The van der Waals surface area contributed by atoms with Gasteiger partial charge in [0.15, 0.2) is 5.75 Å². The van der Waals surface area contributed by atoms with E-state index < -0.39 is 44.2 Å². The van der Waals surface area contributed by atoms with E-state index in [-0.39, 0.29) is 46.1 Å². The number of esters is 1. The summed E-state index contributed by atoms with van der Waals surface area (Å²) in [6, 6.07) is 4.55.